The zero-order valence-corrected chi connectivity index (χ0v) is 33.4. The summed E-state index contributed by atoms with van der Waals surface area (Å²) in [5, 5.41) is 14.7. The lowest BCUT2D eigenvalue weighted by Gasteiger charge is -2.59. The van der Waals surface area contributed by atoms with Gasteiger partial charge in [-0.05, 0) is 131 Å². The minimum Gasteiger partial charge on any atom is -0.444 e. The van der Waals surface area contributed by atoms with E-state index < -0.39 is 32.3 Å². The van der Waals surface area contributed by atoms with Gasteiger partial charge in [0.25, 0.3) is 5.69 Å². The summed E-state index contributed by atoms with van der Waals surface area (Å²) in [6.07, 6.45) is 14.8. The van der Waals surface area contributed by atoms with Crippen molar-refractivity contribution in [1.29, 1.82) is 0 Å². The van der Waals surface area contributed by atoms with Crippen LogP contribution in [0.4, 0.5) is 10.5 Å². The number of carbonyl (C=O) groups is 1. The van der Waals surface area contributed by atoms with Crippen molar-refractivity contribution in [3.8, 4) is 0 Å². The van der Waals surface area contributed by atoms with Crippen molar-refractivity contribution in [2.75, 3.05) is 13.1 Å². The molecular formula is C41H65N3O6S. The Labute approximate surface area is 307 Å². The average molecular weight is 728 g/mol. The number of hydrogen-bond donors (Lipinski definition) is 1. The summed E-state index contributed by atoms with van der Waals surface area (Å²) in [5.41, 5.74) is 0.752. The van der Waals surface area contributed by atoms with E-state index in [1.54, 1.807) is 26.8 Å². The molecule has 0 saturated heterocycles. The summed E-state index contributed by atoms with van der Waals surface area (Å²) in [6, 6.07) is 5.32. The molecule has 0 heterocycles. The number of alkyl carbamates (subject to hydrolysis) is 1. The molecule has 8 atom stereocenters. The minimum atomic E-state index is -4.21. The van der Waals surface area contributed by atoms with Crippen molar-refractivity contribution >= 4 is 21.8 Å². The number of nitrogens with one attached hydrogen (secondary N) is 1. The van der Waals surface area contributed by atoms with Crippen LogP contribution in [-0.4, -0.2) is 48.5 Å². The summed E-state index contributed by atoms with van der Waals surface area (Å²) in [7, 11) is -4.21. The number of nitrogens with zero attached hydrogens (tertiary/aromatic N) is 2. The second-order valence-corrected chi connectivity index (χ2v) is 20.2. The molecule has 0 bridgehead atoms. The number of sulfonamides is 1. The van der Waals surface area contributed by atoms with Crippen LogP contribution in [0.25, 0.3) is 0 Å². The first kappa shape index (κ1) is 39.7. The van der Waals surface area contributed by atoms with Crippen molar-refractivity contribution in [2.24, 2.45) is 46.3 Å². The molecule has 4 unspecified atom stereocenters. The van der Waals surface area contributed by atoms with Gasteiger partial charge < -0.3 is 10.1 Å². The van der Waals surface area contributed by atoms with Crippen LogP contribution in [0, 0.1) is 56.5 Å². The van der Waals surface area contributed by atoms with E-state index in [9.17, 15) is 23.3 Å². The fourth-order valence-corrected chi connectivity index (χ4v) is 13.0. The molecule has 4 aliphatic carbocycles. The predicted octanol–water partition coefficient (Wildman–Crippen LogP) is 9.91. The Kier molecular flexibility index (Phi) is 12.1. The van der Waals surface area contributed by atoms with Crippen LogP contribution >= 0.6 is 0 Å². The number of nitro groups is 1. The molecule has 286 valence electrons. The molecule has 0 radical (unpaired) electrons. The van der Waals surface area contributed by atoms with E-state index in [-0.39, 0.29) is 29.4 Å². The Bertz CT molecular complexity index is 1550. The normalized spacial score (nSPS) is 31.3. The number of allylic oxidation sites excluding steroid dienone is 1. The monoisotopic (exact) mass is 727 g/mol. The first-order chi connectivity index (χ1) is 23.9. The Morgan fingerprint density at radius 2 is 1.76 bits per heavy atom. The van der Waals surface area contributed by atoms with Crippen molar-refractivity contribution < 1.29 is 22.9 Å². The van der Waals surface area contributed by atoms with Gasteiger partial charge in [0.15, 0.2) is 4.90 Å². The van der Waals surface area contributed by atoms with Crippen LogP contribution in [-0.2, 0) is 14.8 Å². The third-order valence-electron chi connectivity index (χ3n) is 13.6. The maximum absolute atomic E-state index is 14.4. The fraction of sp³-hybridized carbons (Fsp3) is 0.780. The maximum atomic E-state index is 14.4. The molecule has 1 amide bonds. The summed E-state index contributed by atoms with van der Waals surface area (Å²) in [6.45, 7) is 18.0. The first-order valence-corrected chi connectivity index (χ1v) is 21.2. The van der Waals surface area contributed by atoms with Gasteiger partial charge in [-0.3, -0.25) is 10.1 Å². The van der Waals surface area contributed by atoms with E-state index in [0.717, 1.165) is 36.5 Å². The van der Waals surface area contributed by atoms with Gasteiger partial charge in [-0.25, -0.2) is 13.2 Å². The number of rotatable bonds is 13. The Morgan fingerprint density at radius 1 is 1.04 bits per heavy atom. The first-order valence-electron chi connectivity index (χ1n) is 19.8. The fourth-order valence-electron chi connectivity index (χ4n) is 11.1. The highest BCUT2D eigenvalue weighted by Crippen LogP contribution is 2.67. The molecular weight excluding hydrogens is 663 g/mol. The molecule has 0 spiro atoms. The molecule has 1 aromatic carbocycles. The van der Waals surface area contributed by atoms with Crippen molar-refractivity contribution in [1.82, 2.24) is 9.62 Å². The summed E-state index contributed by atoms with van der Waals surface area (Å²) in [4.78, 5) is 23.4. The number of para-hydroxylation sites is 1. The summed E-state index contributed by atoms with van der Waals surface area (Å²) < 4.78 is 35.6. The molecule has 0 aliphatic heterocycles. The standard InChI is InChI=1S/C41H65N3O6S/c1-28(2)13-11-14-29(3)33-19-20-34-32-18-17-30-27-31(21-23-40(30,7)35(32)22-24-41(33,34)8)43(26-12-25-42-38(45)50-39(4,5)6)51(48,49)37-16-10-9-15-36(37)44(46)47/h9-10,15-17,28-29,31-35H,11-14,18-27H2,1-8H3,(H,42,45)/t29?,31-,32?,33+,34?,35?,40-,41+/m0/s1. The van der Waals surface area contributed by atoms with Gasteiger partial charge in [-0.15, -0.1) is 0 Å². The number of fused-ring (bicyclic) bond motifs is 5. The second kappa shape index (κ2) is 15.5. The van der Waals surface area contributed by atoms with E-state index in [4.69, 9.17) is 4.74 Å². The van der Waals surface area contributed by atoms with E-state index in [1.807, 2.05) is 0 Å². The number of benzene rings is 1. The average Bonchev–Trinajstić information content (AvgIpc) is 3.40. The van der Waals surface area contributed by atoms with Gasteiger partial charge in [0.2, 0.25) is 10.0 Å². The second-order valence-electron chi connectivity index (χ2n) is 18.3. The highest BCUT2D eigenvalue weighted by Gasteiger charge is 2.59. The van der Waals surface area contributed by atoms with Gasteiger partial charge in [-0.2, -0.15) is 4.31 Å². The van der Waals surface area contributed by atoms with Crippen LogP contribution in [0.15, 0.2) is 40.8 Å². The van der Waals surface area contributed by atoms with Gasteiger partial charge in [0, 0.05) is 25.2 Å². The third kappa shape index (κ3) is 8.37. The van der Waals surface area contributed by atoms with E-state index in [1.165, 1.54) is 73.0 Å². The zero-order valence-electron chi connectivity index (χ0n) is 32.6. The van der Waals surface area contributed by atoms with Gasteiger partial charge in [0.05, 0.1) is 4.92 Å². The van der Waals surface area contributed by atoms with Crippen molar-refractivity contribution in [3.63, 3.8) is 0 Å². The predicted molar refractivity (Wildman–Crippen MR) is 203 cm³/mol. The topological polar surface area (TPSA) is 119 Å². The maximum Gasteiger partial charge on any atom is 0.407 e. The number of ether oxygens (including phenoxy) is 1. The van der Waals surface area contributed by atoms with Crippen molar-refractivity contribution in [3.05, 3.63) is 46.0 Å². The van der Waals surface area contributed by atoms with Gasteiger partial charge >= 0.3 is 6.09 Å². The molecule has 5 rings (SSSR count). The van der Waals surface area contributed by atoms with Crippen LogP contribution in [0.1, 0.15) is 132 Å². The smallest absolute Gasteiger partial charge is 0.407 e. The Hall–Kier alpha value is -2.46. The minimum absolute atomic E-state index is 0.0359. The van der Waals surface area contributed by atoms with E-state index >= 15 is 0 Å². The van der Waals surface area contributed by atoms with Crippen LogP contribution in [0.5, 0.6) is 0 Å². The van der Waals surface area contributed by atoms with Crippen LogP contribution in [0.2, 0.25) is 0 Å². The lowest BCUT2D eigenvalue weighted by molar-refractivity contribution is -0.387. The molecule has 4 aliphatic rings. The molecule has 1 N–H and O–H groups in total. The zero-order chi connectivity index (χ0) is 37.4. The number of nitro benzene ring substituents is 1. The quantitative estimate of drug-likeness (QED) is 0.0935. The van der Waals surface area contributed by atoms with E-state index in [2.05, 4.69) is 46.0 Å². The summed E-state index contributed by atoms with van der Waals surface area (Å²) >= 11 is 0. The van der Waals surface area contributed by atoms with Crippen molar-refractivity contribution in [2.45, 2.75) is 149 Å². The molecule has 3 saturated carbocycles. The highest BCUT2D eigenvalue weighted by molar-refractivity contribution is 7.89. The van der Waals surface area contributed by atoms with Crippen LogP contribution in [0.3, 0.4) is 0 Å². The van der Waals surface area contributed by atoms with E-state index in [0.29, 0.717) is 36.5 Å². The molecule has 10 heteroatoms. The SMILES string of the molecule is CC(C)CCCC(C)[C@H]1CCC2C3CC=C4C[C@@H](N(CCCNC(=O)OC(C)(C)C)S(=O)(=O)c5ccccc5[N+](=O)[O-])CC[C@]4(C)C3CC[C@@]21C. The largest absolute Gasteiger partial charge is 0.444 e. The Balaban J connectivity index is 1.34. The lowest BCUT2D eigenvalue weighted by Crippen LogP contribution is -2.53. The van der Waals surface area contributed by atoms with Gasteiger partial charge in [0.1, 0.15) is 5.60 Å². The third-order valence-corrected chi connectivity index (χ3v) is 15.6. The Morgan fingerprint density at radius 3 is 2.45 bits per heavy atom. The summed E-state index contributed by atoms with van der Waals surface area (Å²) in [5.74, 6) is 4.36. The lowest BCUT2D eigenvalue weighted by atomic mass is 9.47. The number of amides is 1. The number of hydrogen-bond acceptors (Lipinski definition) is 6. The number of carbonyl (C=O) groups excluding carboxylic acids is 1. The molecule has 0 aromatic heterocycles. The molecule has 51 heavy (non-hydrogen) atoms. The molecule has 9 nitrogen and oxygen atoms in total. The van der Waals surface area contributed by atoms with Crippen LogP contribution < -0.4 is 5.32 Å². The molecule has 1 aromatic rings. The molecule has 3 fully saturated rings. The van der Waals surface area contributed by atoms with Gasteiger partial charge in [-0.1, -0.05) is 77.7 Å². The highest BCUT2D eigenvalue weighted by atomic mass is 32.2.